The van der Waals surface area contributed by atoms with Crippen LogP contribution >= 0.6 is 18.9 Å². The minimum absolute atomic E-state index is 0.0347. The molecule has 0 amide bonds. The van der Waals surface area contributed by atoms with Crippen molar-refractivity contribution in [2.45, 2.75) is 13.3 Å². The minimum atomic E-state index is -2.82. The third kappa shape index (κ3) is 5.99. The van der Waals surface area contributed by atoms with Gasteiger partial charge in [0.2, 0.25) is 0 Å². The van der Waals surface area contributed by atoms with E-state index in [1.165, 1.54) is 12.4 Å². The molecule has 0 aliphatic carbocycles. The number of thiocarbonyl (C=S) groups is 1. The van der Waals surface area contributed by atoms with Crippen LogP contribution in [0.2, 0.25) is 0 Å². The van der Waals surface area contributed by atoms with Crippen LogP contribution in [0.3, 0.4) is 0 Å². The van der Waals surface area contributed by atoms with E-state index in [4.69, 9.17) is 38.6 Å². The van der Waals surface area contributed by atoms with Crippen LogP contribution in [0.1, 0.15) is 13.3 Å². The number of nitrogens with zero attached hydrogens (tertiary/aromatic N) is 2. The fourth-order valence-electron chi connectivity index (χ4n) is 0.851. The summed E-state index contributed by atoms with van der Waals surface area (Å²) in [5.41, 5.74) is 5.68. The molecule has 0 aliphatic heterocycles. The zero-order valence-electron chi connectivity index (χ0n) is 9.20. The van der Waals surface area contributed by atoms with Crippen LogP contribution in [0.5, 0.6) is 0 Å². The number of hydrogen-bond donors (Lipinski definition) is 2. The van der Waals surface area contributed by atoms with E-state index < -0.39 is 6.64 Å². The van der Waals surface area contributed by atoms with E-state index in [1.807, 2.05) is 6.92 Å². The first-order valence-electron chi connectivity index (χ1n) is 4.83. The Morgan fingerprint density at radius 1 is 1.59 bits per heavy atom. The molecule has 0 spiro atoms. The molecular weight excluding hydrogens is 279 g/mol. The van der Waals surface area contributed by atoms with Crippen molar-refractivity contribution in [1.29, 1.82) is 0 Å². The van der Waals surface area contributed by atoms with Gasteiger partial charge in [-0.1, -0.05) is 6.92 Å². The molecule has 0 aromatic carbocycles. The van der Waals surface area contributed by atoms with Crippen molar-refractivity contribution in [1.82, 2.24) is 9.97 Å². The summed E-state index contributed by atoms with van der Waals surface area (Å²) >= 11 is 9.92. The maximum Gasteiger partial charge on any atom is 0.311 e. The van der Waals surface area contributed by atoms with Crippen LogP contribution in [0.15, 0.2) is 18.6 Å². The fraction of sp³-hybridized carbons (Fsp3) is 0.375. The van der Waals surface area contributed by atoms with Crippen molar-refractivity contribution < 1.29 is 9.05 Å². The summed E-state index contributed by atoms with van der Waals surface area (Å²) < 4.78 is 10.4. The number of rotatable bonds is 5. The summed E-state index contributed by atoms with van der Waals surface area (Å²) in [5.74, 6) is 0.461. The molecule has 0 bridgehead atoms. The van der Waals surface area contributed by atoms with Gasteiger partial charge in [0.05, 0.1) is 12.8 Å². The van der Waals surface area contributed by atoms with Crippen LogP contribution in [-0.4, -0.2) is 21.7 Å². The Morgan fingerprint density at radius 3 is 2.94 bits per heavy atom. The Hall–Kier alpha value is -0.660. The van der Waals surface area contributed by atoms with Gasteiger partial charge >= 0.3 is 6.64 Å². The second-order valence-electron chi connectivity index (χ2n) is 2.97. The predicted molar refractivity (Wildman–Crippen MR) is 74.1 cm³/mol. The first-order valence-corrected chi connectivity index (χ1v) is 7.95. The number of nitrogens with two attached hydrogens (primary N) is 1. The molecule has 0 saturated heterocycles. The molecule has 1 atom stereocenters. The number of anilines is 1. The molecular formula is C8H13N4O2PS2. The fourth-order valence-corrected chi connectivity index (χ4v) is 2.64. The van der Waals surface area contributed by atoms with Crippen molar-refractivity contribution in [2.75, 3.05) is 11.9 Å². The van der Waals surface area contributed by atoms with Gasteiger partial charge in [0.25, 0.3) is 5.17 Å². The van der Waals surface area contributed by atoms with Crippen LogP contribution in [0.25, 0.3) is 0 Å². The standard InChI is InChI=1S/C8H13N4O2PS2/c1-2-5-13-15(9,17)14-8(16)12-7-6-10-3-4-11-7/h3-4,6H,2,5H2,1H3,(H2,9,17)(H,11,12,16). The summed E-state index contributed by atoms with van der Waals surface area (Å²) in [4.78, 5) is 7.83. The van der Waals surface area contributed by atoms with Crippen molar-refractivity contribution in [3.8, 4) is 0 Å². The zero-order valence-corrected chi connectivity index (χ0v) is 11.7. The summed E-state index contributed by atoms with van der Waals surface area (Å²) in [6, 6.07) is 0. The third-order valence-corrected chi connectivity index (χ3v) is 3.31. The summed E-state index contributed by atoms with van der Waals surface area (Å²) in [6.45, 7) is -0.425. The van der Waals surface area contributed by atoms with E-state index in [-0.39, 0.29) is 5.17 Å². The molecule has 1 unspecified atom stereocenters. The predicted octanol–water partition coefficient (Wildman–Crippen LogP) is 1.80. The Morgan fingerprint density at radius 2 is 2.35 bits per heavy atom. The largest absolute Gasteiger partial charge is 0.406 e. The zero-order chi connectivity index (χ0) is 12.7. The molecule has 6 nitrogen and oxygen atoms in total. The molecule has 0 fully saturated rings. The number of hydrogen-bond acceptors (Lipinski definition) is 6. The average Bonchev–Trinajstić information content (AvgIpc) is 2.27. The monoisotopic (exact) mass is 292 g/mol. The van der Waals surface area contributed by atoms with Gasteiger partial charge in [-0.25, -0.2) is 10.5 Å². The highest BCUT2D eigenvalue weighted by atomic mass is 32.5. The lowest BCUT2D eigenvalue weighted by atomic mass is 10.5. The molecule has 17 heavy (non-hydrogen) atoms. The van der Waals surface area contributed by atoms with Crippen molar-refractivity contribution in [2.24, 2.45) is 5.50 Å². The topological polar surface area (TPSA) is 82.3 Å². The lowest BCUT2D eigenvalue weighted by Crippen LogP contribution is -2.16. The quantitative estimate of drug-likeness (QED) is 0.628. The van der Waals surface area contributed by atoms with E-state index in [0.717, 1.165) is 6.42 Å². The Kier molecular flexibility index (Phi) is 5.87. The van der Waals surface area contributed by atoms with Gasteiger partial charge in [0, 0.05) is 12.4 Å². The highest BCUT2D eigenvalue weighted by Gasteiger charge is 2.15. The second kappa shape index (κ2) is 6.93. The summed E-state index contributed by atoms with van der Waals surface area (Å²) in [5, 5.41) is 2.75. The van der Waals surface area contributed by atoms with E-state index in [1.54, 1.807) is 6.20 Å². The van der Waals surface area contributed by atoms with Crippen LogP contribution in [0.4, 0.5) is 5.82 Å². The molecule has 1 aromatic rings. The molecule has 0 saturated carbocycles. The Bertz CT molecular complexity index is 417. The molecule has 1 aromatic heterocycles. The lowest BCUT2D eigenvalue weighted by Gasteiger charge is -2.18. The van der Waals surface area contributed by atoms with Gasteiger partial charge in [-0.05, 0) is 30.4 Å². The highest BCUT2D eigenvalue weighted by Crippen LogP contribution is 2.39. The molecule has 94 valence electrons. The lowest BCUT2D eigenvalue weighted by molar-refractivity contribution is 0.311. The number of nitrogens with one attached hydrogen (secondary N) is 1. The van der Waals surface area contributed by atoms with E-state index in [9.17, 15) is 0 Å². The summed E-state index contributed by atoms with van der Waals surface area (Å²) in [7, 11) is 0. The second-order valence-corrected chi connectivity index (χ2v) is 6.39. The SMILES string of the molecule is CCCOP(N)(=S)OC(=S)Nc1cnccn1. The molecule has 3 N–H and O–H groups in total. The normalized spacial score (nSPS) is 13.8. The van der Waals surface area contributed by atoms with E-state index in [2.05, 4.69) is 15.3 Å². The Balaban J connectivity index is 2.47. The average molecular weight is 292 g/mol. The van der Waals surface area contributed by atoms with Crippen LogP contribution in [0, 0.1) is 0 Å². The molecule has 0 aliphatic rings. The maximum atomic E-state index is 5.68. The Labute approximate surface area is 110 Å². The molecule has 9 heteroatoms. The third-order valence-electron chi connectivity index (χ3n) is 1.48. The van der Waals surface area contributed by atoms with Crippen LogP contribution < -0.4 is 10.8 Å². The van der Waals surface area contributed by atoms with Gasteiger partial charge in [-0.3, -0.25) is 10.3 Å². The molecule has 1 heterocycles. The van der Waals surface area contributed by atoms with Gasteiger partial charge in [-0.2, -0.15) is 0 Å². The first-order chi connectivity index (χ1) is 8.03. The van der Waals surface area contributed by atoms with Crippen molar-refractivity contribution >= 4 is 41.7 Å². The molecule has 1 rings (SSSR count). The van der Waals surface area contributed by atoms with Crippen LogP contribution in [-0.2, 0) is 20.9 Å². The maximum absolute atomic E-state index is 5.68. The number of aromatic nitrogens is 2. The van der Waals surface area contributed by atoms with Crippen molar-refractivity contribution in [3.63, 3.8) is 0 Å². The highest BCUT2D eigenvalue weighted by molar-refractivity contribution is 8.09. The van der Waals surface area contributed by atoms with Gasteiger partial charge < -0.3 is 9.05 Å². The van der Waals surface area contributed by atoms with Gasteiger partial charge in [0.15, 0.2) is 5.82 Å². The first kappa shape index (κ1) is 14.4. The minimum Gasteiger partial charge on any atom is -0.406 e. The van der Waals surface area contributed by atoms with Crippen molar-refractivity contribution in [3.05, 3.63) is 18.6 Å². The van der Waals surface area contributed by atoms with E-state index >= 15 is 0 Å². The van der Waals surface area contributed by atoms with Gasteiger partial charge in [0.1, 0.15) is 0 Å². The smallest absolute Gasteiger partial charge is 0.311 e. The van der Waals surface area contributed by atoms with Gasteiger partial charge in [-0.15, -0.1) is 0 Å². The summed E-state index contributed by atoms with van der Waals surface area (Å²) in [6.07, 6.45) is 5.38. The molecule has 0 radical (unpaired) electrons. The van der Waals surface area contributed by atoms with E-state index in [0.29, 0.717) is 12.4 Å².